The van der Waals surface area contributed by atoms with Gasteiger partial charge in [0.2, 0.25) is 0 Å². The number of anilines is 1. The third kappa shape index (κ3) is 2.60. The third-order valence-electron chi connectivity index (χ3n) is 2.81. The molecule has 2 N–H and O–H groups in total. The van der Waals surface area contributed by atoms with Gasteiger partial charge in [0.25, 0.3) is 10.0 Å². The van der Waals surface area contributed by atoms with Crippen molar-refractivity contribution in [3.05, 3.63) is 42.5 Å². The summed E-state index contributed by atoms with van der Waals surface area (Å²) in [5.74, 6) is 0. The van der Waals surface area contributed by atoms with Crippen LogP contribution >= 0.6 is 0 Å². The van der Waals surface area contributed by atoms with Crippen LogP contribution < -0.4 is 4.72 Å². The number of nitrogens with one attached hydrogen (secondary N) is 2. The van der Waals surface area contributed by atoms with E-state index in [4.69, 9.17) is 0 Å². The second-order valence-electron chi connectivity index (χ2n) is 4.27. The van der Waals surface area contributed by atoms with Crippen molar-refractivity contribution >= 4 is 15.7 Å². The number of aromatic nitrogens is 6. The Labute approximate surface area is 120 Å². The van der Waals surface area contributed by atoms with Crippen LogP contribution in [0.15, 0.2) is 41.7 Å². The first-order chi connectivity index (χ1) is 10.1. The zero-order valence-corrected chi connectivity index (χ0v) is 11.7. The van der Waals surface area contributed by atoms with E-state index in [2.05, 4.69) is 30.4 Å². The normalized spacial score (nSPS) is 11.5. The molecule has 0 amide bonds. The third-order valence-corrected chi connectivity index (χ3v) is 4.30. The fraction of sp³-hybridized carbons (Fsp3) is 0.0909. The van der Waals surface area contributed by atoms with E-state index < -0.39 is 10.0 Å². The molecular formula is C11H11N7O2S. The fourth-order valence-electron chi connectivity index (χ4n) is 1.78. The van der Waals surface area contributed by atoms with E-state index in [1.165, 1.54) is 17.2 Å². The predicted octanol–water partition coefficient (Wildman–Crippen LogP) is 0.495. The molecular weight excluding hydrogens is 294 g/mol. The molecule has 9 nitrogen and oxygen atoms in total. The van der Waals surface area contributed by atoms with Crippen LogP contribution in [0.4, 0.5) is 5.69 Å². The Bertz CT molecular complexity index is 837. The van der Waals surface area contributed by atoms with Gasteiger partial charge in [0, 0.05) is 5.69 Å². The van der Waals surface area contributed by atoms with Crippen molar-refractivity contribution in [1.29, 1.82) is 0 Å². The zero-order chi connectivity index (χ0) is 14.9. The number of aryl methyl sites for hydroxylation is 1. The van der Waals surface area contributed by atoms with E-state index in [0.29, 0.717) is 11.4 Å². The molecule has 2 aromatic heterocycles. The average molecular weight is 305 g/mol. The Morgan fingerprint density at radius 3 is 2.57 bits per heavy atom. The van der Waals surface area contributed by atoms with Gasteiger partial charge in [-0.15, -0.1) is 5.10 Å². The van der Waals surface area contributed by atoms with Crippen LogP contribution in [-0.2, 0) is 10.0 Å². The number of nitrogens with zero attached hydrogens (tertiary/aromatic N) is 5. The molecule has 0 radical (unpaired) electrons. The van der Waals surface area contributed by atoms with Crippen molar-refractivity contribution < 1.29 is 8.42 Å². The number of aromatic amines is 1. The lowest BCUT2D eigenvalue weighted by atomic mass is 10.3. The number of H-pyrrole nitrogens is 1. The van der Waals surface area contributed by atoms with E-state index in [9.17, 15) is 8.42 Å². The van der Waals surface area contributed by atoms with Gasteiger partial charge in [-0.1, -0.05) is 0 Å². The van der Waals surface area contributed by atoms with Gasteiger partial charge < -0.3 is 0 Å². The summed E-state index contributed by atoms with van der Waals surface area (Å²) in [6.07, 6.45) is 2.72. The number of hydrogen-bond donors (Lipinski definition) is 2. The molecule has 108 valence electrons. The van der Waals surface area contributed by atoms with Crippen molar-refractivity contribution in [1.82, 2.24) is 30.4 Å². The van der Waals surface area contributed by atoms with Crippen molar-refractivity contribution in [2.45, 2.75) is 11.8 Å². The second kappa shape index (κ2) is 4.98. The molecule has 0 aliphatic heterocycles. The molecule has 0 atom stereocenters. The lowest BCUT2D eigenvalue weighted by molar-refractivity contribution is 0.600. The first kappa shape index (κ1) is 13.2. The predicted molar refractivity (Wildman–Crippen MR) is 73.3 cm³/mol. The first-order valence-electron chi connectivity index (χ1n) is 5.92. The van der Waals surface area contributed by atoms with Crippen LogP contribution in [0.5, 0.6) is 0 Å². The molecule has 0 saturated heterocycles. The van der Waals surface area contributed by atoms with Crippen LogP contribution in [0.25, 0.3) is 5.69 Å². The maximum atomic E-state index is 12.2. The maximum Gasteiger partial charge on any atom is 0.265 e. The molecule has 1 aromatic carbocycles. The zero-order valence-electron chi connectivity index (χ0n) is 10.9. The van der Waals surface area contributed by atoms with Crippen LogP contribution in [0.2, 0.25) is 0 Å². The number of hydrogen-bond acceptors (Lipinski definition) is 6. The van der Waals surface area contributed by atoms with Crippen molar-refractivity contribution in [3.8, 4) is 5.69 Å². The van der Waals surface area contributed by atoms with E-state index >= 15 is 0 Å². The molecule has 0 fully saturated rings. The number of tetrazole rings is 1. The van der Waals surface area contributed by atoms with Crippen LogP contribution in [0, 0.1) is 6.92 Å². The molecule has 0 aliphatic rings. The van der Waals surface area contributed by atoms with Gasteiger partial charge in [-0.3, -0.25) is 9.82 Å². The van der Waals surface area contributed by atoms with E-state index in [1.54, 1.807) is 31.2 Å². The van der Waals surface area contributed by atoms with Gasteiger partial charge in [-0.2, -0.15) is 5.10 Å². The first-order valence-corrected chi connectivity index (χ1v) is 7.41. The summed E-state index contributed by atoms with van der Waals surface area (Å²) in [6, 6.07) is 6.67. The highest BCUT2D eigenvalue weighted by atomic mass is 32.2. The molecule has 3 aromatic rings. The fourth-order valence-corrected chi connectivity index (χ4v) is 2.98. The molecule has 0 saturated carbocycles. The molecule has 21 heavy (non-hydrogen) atoms. The summed E-state index contributed by atoms with van der Waals surface area (Å²) in [5.41, 5.74) is 1.64. The minimum absolute atomic E-state index is 0.118. The summed E-state index contributed by atoms with van der Waals surface area (Å²) in [7, 11) is -3.66. The highest BCUT2D eigenvalue weighted by molar-refractivity contribution is 7.92. The summed E-state index contributed by atoms with van der Waals surface area (Å²) >= 11 is 0. The lowest BCUT2D eigenvalue weighted by Gasteiger charge is -2.07. The quantitative estimate of drug-likeness (QED) is 0.724. The molecule has 10 heteroatoms. The van der Waals surface area contributed by atoms with Crippen molar-refractivity contribution in [3.63, 3.8) is 0 Å². The Kier molecular flexibility index (Phi) is 3.14. The second-order valence-corrected chi connectivity index (χ2v) is 5.92. The van der Waals surface area contributed by atoms with Crippen molar-refractivity contribution in [2.75, 3.05) is 4.72 Å². The minimum atomic E-state index is -3.66. The van der Waals surface area contributed by atoms with E-state index in [1.807, 2.05) is 0 Å². The standard InChI is InChI=1S/C11H11N7O2S/c1-8-11(6-12-14-8)21(19,20)15-9-2-4-10(5-3-9)18-7-13-16-17-18/h2-7,15H,1H3,(H,12,14). The van der Waals surface area contributed by atoms with Crippen LogP contribution in [0.1, 0.15) is 5.69 Å². The van der Waals surface area contributed by atoms with Gasteiger partial charge in [-0.05, 0) is 41.6 Å². The van der Waals surface area contributed by atoms with Gasteiger partial charge in [0.1, 0.15) is 11.2 Å². The van der Waals surface area contributed by atoms with E-state index in [-0.39, 0.29) is 4.90 Å². The Balaban J connectivity index is 1.84. The topological polar surface area (TPSA) is 118 Å². The Morgan fingerprint density at radius 2 is 2.00 bits per heavy atom. The monoisotopic (exact) mass is 305 g/mol. The average Bonchev–Trinajstić information content (AvgIpc) is 3.10. The Morgan fingerprint density at radius 1 is 1.24 bits per heavy atom. The summed E-state index contributed by atoms with van der Waals surface area (Å²) in [5, 5.41) is 17.1. The summed E-state index contributed by atoms with van der Waals surface area (Å²) < 4.78 is 28.3. The largest absolute Gasteiger partial charge is 0.281 e. The summed E-state index contributed by atoms with van der Waals surface area (Å²) in [4.78, 5) is 0.118. The number of sulfonamides is 1. The Hall–Kier alpha value is -2.75. The highest BCUT2D eigenvalue weighted by Crippen LogP contribution is 2.18. The van der Waals surface area contributed by atoms with Crippen LogP contribution in [0.3, 0.4) is 0 Å². The van der Waals surface area contributed by atoms with Gasteiger partial charge >= 0.3 is 0 Å². The smallest absolute Gasteiger partial charge is 0.265 e. The van der Waals surface area contributed by atoms with E-state index in [0.717, 1.165) is 5.69 Å². The van der Waals surface area contributed by atoms with Gasteiger partial charge in [0.15, 0.2) is 0 Å². The molecule has 0 bridgehead atoms. The van der Waals surface area contributed by atoms with Crippen LogP contribution in [-0.4, -0.2) is 38.8 Å². The molecule has 0 aliphatic carbocycles. The number of rotatable bonds is 4. The molecule has 0 unspecified atom stereocenters. The minimum Gasteiger partial charge on any atom is -0.281 e. The maximum absolute atomic E-state index is 12.2. The highest BCUT2D eigenvalue weighted by Gasteiger charge is 2.18. The van der Waals surface area contributed by atoms with Crippen molar-refractivity contribution in [2.24, 2.45) is 0 Å². The summed E-state index contributed by atoms with van der Waals surface area (Å²) in [6.45, 7) is 1.64. The molecule has 2 heterocycles. The lowest BCUT2D eigenvalue weighted by Crippen LogP contribution is -2.13. The van der Waals surface area contributed by atoms with Gasteiger partial charge in [-0.25, -0.2) is 13.1 Å². The SMILES string of the molecule is Cc1[nH]ncc1S(=O)(=O)Nc1ccc(-n2cnnn2)cc1. The number of benzene rings is 1. The van der Waals surface area contributed by atoms with Gasteiger partial charge in [0.05, 0.1) is 17.6 Å². The molecule has 0 spiro atoms. The molecule has 3 rings (SSSR count).